The van der Waals surface area contributed by atoms with Crippen molar-refractivity contribution in [3.05, 3.63) is 46.1 Å². The van der Waals surface area contributed by atoms with Gasteiger partial charge in [-0.05, 0) is 22.9 Å². The lowest BCUT2D eigenvalue weighted by atomic mass is 10.2. The lowest BCUT2D eigenvalue weighted by Gasteiger charge is -2.08. The number of aromatic nitrogens is 2. The van der Waals surface area contributed by atoms with Gasteiger partial charge in [-0.2, -0.15) is 0 Å². The van der Waals surface area contributed by atoms with Gasteiger partial charge in [0.15, 0.2) is 11.6 Å². The minimum absolute atomic E-state index is 0.207. The van der Waals surface area contributed by atoms with E-state index in [1.165, 1.54) is 6.07 Å². The second-order valence-electron chi connectivity index (χ2n) is 3.49. The Morgan fingerprint density at radius 1 is 1.06 bits per heavy atom. The predicted octanol–water partition coefficient (Wildman–Crippen LogP) is 3.71. The van der Waals surface area contributed by atoms with Crippen molar-refractivity contribution in [3.63, 3.8) is 0 Å². The smallest absolute Gasteiger partial charge is 0.152 e. The fourth-order valence-corrected chi connectivity index (χ4v) is 1.86. The summed E-state index contributed by atoms with van der Waals surface area (Å²) in [7, 11) is 0. The number of rotatable bonds is 2. The van der Waals surface area contributed by atoms with Gasteiger partial charge in [-0.25, -0.2) is 23.1 Å². The van der Waals surface area contributed by atoms with Crippen LogP contribution in [0.2, 0.25) is 0 Å². The Kier molecular flexibility index (Phi) is 3.51. The average molecular weight is 318 g/mol. The van der Waals surface area contributed by atoms with E-state index in [0.29, 0.717) is 22.6 Å². The van der Waals surface area contributed by atoms with Crippen molar-refractivity contribution in [1.82, 2.24) is 9.97 Å². The van der Waals surface area contributed by atoms with Gasteiger partial charge in [-0.1, -0.05) is 0 Å². The molecule has 2 aromatic rings. The molecule has 7 heteroatoms. The summed E-state index contributed by atoms with van der Waals surface area (Å²) in [6.45, 7) is 1.63. The largest absolute Gasteiger partial charge is 0.335 e. The first kappa shape index (κ1) is 12.8. The highest BCUT2D eigenvalue weighted by Crippen LogP contribution is 2.24. The highest BCUT2D eigenvalue weighted by molar-refractivity contribution is 9.10. The molecule has 18 heavy (non-hydrogen) atoms. The molecule has 2 rings (SSSR count). The third-order valence-corrected chi connectivity index (χ3v) is 2.47. The van der Waals surface area contributed by atoms with Crippen LogP contribution in [0.3, 0.4) is 0 Å². The quantitative estimate of drug-likeness (QED) is 0.858. The lowest BCUT2D eigenvalue weighted by molar-refractivity contribution is 0.548. The fourth-order valence-electron chi connectivity index (χ4n) is 1.38. The second kappa shape index (κ2) is 4.93. The van der Waals surface area contributed by atoms with Gasteiger partial charge < -0.3 is 5.32 Å². The van der Waals surface area contributed by atoms with Gasteiger partial charge in [0.05, 0.1) is 0 Å². The van der Waals surface area contributed by atoms with E-state index in [0.717, 1.165) is 0 Å². The van der Waals surface area contributed by atoms with E-state index >= 15 is 0 Å². The molecular weight excluding hydrogens is 311 g/mol. The summed E-state index contributed by atoms with van der Waals surface area (Å²) in [5.41, 5.74) is -0.457. The molecule has 0 saturated heterocycles. The van der Waals surface area contributed by atoms with E-state index in [4.69, 9.17) is 0 Å². The molecule has 94 valence electrons. The maximum Gasteiger partial charge on any atom is 0.152 e. The van der Waals surface area contributed by atoms with Crippen molar-refractivity contribution >= 4 is 27.4 Å². The van der Waals surface area contributed by atoms with Crippen molar-refractivity contribution in [2.75, 3.05) is 5.32 Å². The normalized spacial score (nSPS) is 10.5. The molecule has 0 aliphatic carbocycles. The first-order chi connectivity index (χ1) is 8.45. The van der Waals surface area contributed by atoms with Gasteiger partial charge in [-0.3, -0.25) is 0 Å². The van der Waals surface area contributed by atoms with Gasteiger partial charge in [-0.15, -0.1) is 0 Å². The number of nitrogens with one attached hydrogen (secondary N) is 1. The molecule has 1 aromatic heterocycles. The van der Waals surface area contributed by atoms with Crippen LogP contribution in [0.4, 0.5) is 24.7 Å². The molecule has 1 N–H and O–H groups in total. The van der Waals surface area contributed by atoms with E-state index in [1.807, 2.05) is 0 Å². The number of hydrogen-bond acceptors (Lipinski definition) is 3. The number of halogens is 4. The van der Waals surface area contributed by atoms with Crippen LogP contribution in [0, 0.1) is 24.4 Å². The number of benzene rings is 1. The Morgan fingerprint density at radius 3 is 2.22 bits per heavy atom. The van der Waals surface area contributed by atoms with Crippen LogP contribution in [0.25, 0.3) is 0 Å². The standard InChI is InChI=1S/C11H7BrF3N3/c1-5-16-9(12)4-10(17-5)18-11-7(14)2-6(13)3-8(11)15/h2-4H,1H3,(H,16,17,18). The van der Waals surface area contributed by atoms with Gasteiger partial charge in [0.25, 0.3) is 0 Å². The lowest BCUT2D eigenvalue weighted by Crippen LogP contribution is -2.02. The van der Waals surface area contributed by atoms with Crippen LogP contribution < -0.4 is 5.32 Å². The molecule has 0 bridgehead atoms. The van der Waals surface area contributed by atoms with Crippen molar-refractivity contribution < 1.29 is 13.2 Å². The van der Waals surface area contributed by atoms with E-state index in [2.05, 4.69) is 31.2 Å². The van der Waals surface area contributed by atoms with Crippen molar-refractivity contribution in [1.29, 1.82) is 0 Å². The van der Waals surface area contributed by atoms with Crippen molar-refractivity contribution in [2.24, 2.45) is 0 Å². The summed E-state index contributed by atoms with van der Waals surface area (Å²) in [5.74, 6) is -2.40. The van der Waals surface area contributed by atoms with Crippen LogP contribution >= 0.6 is 15.9 Å². The molecule has 0 fully saturated rings. The van der Waals surface area contributed by atoms with Gasteiger partial charge >= 0.3 is 0 Å². The summed E-state index contributed by atoms with van der Waals surface area (Å²) in [4.78, 5) is 7.91. The monoisotopic (exact) mass is 317 g/mol. The van der Waals surface area contributed by atoms with Gasteiger partial charge in [0.2, 0.25) is 0 Å². The van der Waals surface area contributed by atoms with Gasteiger partial charge in [0, 0.05) is 18.2 Å². The third kappa shape index (κ3) is 2.79. The van der Waals surface area contributed by atoms with E-state index in [9.17, 15) is 13.2 Å². The predicted molar refractivity (Wildman–Crippen MR) is 64.1 cm³/mol. The zero-order valence-electron chi connectivity index (χ0n) is 9.14. The molecule has 0 saturated carbocycles. The number of anilines is 2. The molecule has 0 aliphatic heterocycles. The zero-order valence-corrected chi connectivity index (χ0v) is 10.7. The molecule has 0 atom stereocenters. The van der Waals surface area contributed by atoms with Crippen LogP contribution in [0.1, 0.15) is 5.82 Å². The number of hydrogen-bond donors (Lipinski definition) is 1. The van der Waals surface area contributed by atoms with E-state index in [1.54, 1.807) is 6.92 Å². The van der Waals surface area contributed by atoms with Crippen LogP contribution in [-0.2, 0) is 0 Å². The molecule has 0 radical (unpaired) electrons. The summed E-state index contributed by atoms with van der Waals surface area (Å²) < 4.78 is 40.0. The number of nitrogens with zero attached hydrogens (tertiary/aromatic N) is 2. The molecule has 3 nitrogen and oxygen atoms in total. The molecule has 1 aromatic carbocycles. The molecule has 0 aliphatic rings. The fraction of sp³-hybridized carbons (Fsp3) is 0.0909. The SMILES string of the molecule is Cc1nc(Br)cc(Nc2c(F)cc(F)cc2F)n1. The minimum atomic E-state index is -1.03. The Morgan fingerprint density at radius 2 is 1.67 bits per heavy atom. The maximum atomic E-state index is 13.4. The summed E-state index contributed by atoms with van der Waals surface area (Å²) in [6.07, 6.45) is 0. The average Bonchev–Trinajstić information content (AvgIpc) is 2.22. The molecule has 0 amide bonds. The Bertz CT molecular complexity index is 561. The molecule has 0 spiro atoms. The highest BCUT2D eigenvalue weighted by atomic mass is 79.9. The third-order valence-electron chi connectivity index (χ3n) is 2.07. The van der Waals surface area contributed by atoms with Crippen LogP contribution in [0.15, 0.2) is 22.8 Å². The Hall–Kier alpha value is -1.63. The number of aryl methyl sites for hydroxylation is 1. The van der Waals surface area contributed by atoms with E-state index < -0.39 is 23.1 Å². The second-order valence-corrected chi connectivity index (χ2v) is 4.31. The molecule has 1 heterocycles. The Balaban J connectivity index is 2.40. The van der Waals surface area contributed by atoms with Crippen LogP contribution in [0.5, 0.6) is 0 Å². The van der Waals surface area contributed by atoms with E-state index in [-0.39, 0.29) is 5.82 Å². The maximum absolute atomic E-state index is 13.4. The topological polar surface area (TPSA) is 37.8 Å². The zero-order chi connectivity index (χ0) is 13.3. The van der Waals surface area contributed by atoms with Crippen molar-refractivity contribution in [3.8, 4) is 0 Å². The highest BCUT2D eigenvalue weighted by Gasteiger charge is 2.12. The minimum Gasteiger partial charge on any atom is -0.335 e. The molecular formula is C11H7BrF3N3. The summed E-state index contributed by atoms with van der Waals surface area (Å²) in [6, 6.07) is 2.64. The van der Waals surface area contributed by atoms with Crippen molar-refractivity contribution in [2.45, 2.75) is 6.92 Å². The van der Waals surface area contributed by atoms with Crippen LogP contribution in [-0.4, -0.2) is 9.97 Å². The Labute approximate surface area is 109 Å². The first-order valence-corrected chi connectivity index (χ1v) is 5.68. The summed E-state index contributed by atoms with van der Waals surface area (Å²) in [5, 5.41) is 2.45. The van der Waals surface area contributed by atoms with Gasteiger partial charge in [0.1, 0.15) is 27.8 Å². The molecule has 0 unspecified atom stereocenters. The first-order valence-electron chi connectivity index (χ1n) is 4.88. The summed E-state index contributed by atoms with van der Waals surface area (Å²) >= 11 is 3.14.